The van der Waals surface area contributed by atoms with Crippen LogP contribution in [0.3, 0.4) is 0 Å². The van der Waals surface area contributed by atoms with Crippen LogP contribution in [0.1, 0.15) is 35.7 Å². The SMILES string of the molecule is CN=C(NCc1cccc(OCc2ccccn2)c1)NCC(c1ccccc1)N1CCCC1. The third-order valence-electron chi connectivity index (χ3n) is 5.92. The van der Waals surface area contributed by atoms with Gasteiger partial charge in [0.15, 0.2) is 5.96 Å². The molecule has 4 rings (SSSR count). The Labute approximate surface area is 196 Å². The van der Waals surface area contributed by atoms with E-state index < -0.39 is 0 Å². The van der Waals surface area contributed by atoms with E-state index >= 15 is 0 Å². The fourth-order valence-electron chi connectivity index (χ4n) is 4.17. The summed E-state index contributed by atoms with van der Waals surface area (Å²) in [6.07, 6.45) is 4.33. The van der Waals surface area contributed by atoms with Crippen LogP contribution in [0.4, 0.5) is 0 Å². The van der Waals surface area contributed by atoms with Crippen LogP contribution in [-0.2, 0) is 13.2 Å². The first-order valence-electron chi connectivity index (χ1n) is 11.7. The van der Waals surface area contributed by atoms with Gasteiger partial charge in [-0.3, -0.25) is 14.9 Å². The number of guanidine groups is 1. The number of pyridine rings is 1. The number of likely N-dealkylation sites (tertiary alicyclic amines) is 1. The number of ether oxygens (including phenoxy) is 1. The van der Waals surface area contributed by atoms with Crippen LogP contribution < -0.4 is 15.4 Å². The summed E-state index contributed by atoms with van der Waals surface area (Å²) in [5.74, 6) is 1.64. The number of nitrogens with zero attached hydrogens (tertiary/aromatic N) is 3. The van der Waals surface area contributed by atoms with Crippen molar-refractivity contribution in [2.45, 2.75) is 32.0 Å². The Hall–Kier alpha value is -3.38. The lowest BCUT2D eigenvalue weighted by Crippen LogP contribution is -2.42. The molecule has 2 heterocycles. The minimum Gasteiger partial charge on any atom is -0.487 e. The van der Waals surface area contributed by atoms with E-state index in [9.17, 15) is 0 Å². The molecule has 3 aromatic rings. The van der Waals surface area contributed by atoms with Gasteiger partial charge in [0.1, 0.15) is 12.4 Å². The maximum Gasteiger partial charge on any atom is 0.191 e. The molecular formula is C27H33N5O. The first kappa shape index (κ1) is 22.8. The normalized spacial score (nSPS) is 15.2. The molecule has 2 aromatic carbocycles. The first-order chi connectivity index (χ1) is 16.3. The average molecular weight is 444 g/mol. The second kappa shape index (κ2) is 12.0. The topological polar surface area (TPSA) is 61.8 Å². The highest BCUT2D eigenvalue weighted by Gasteiger charge is 2.23. The van der Waals surface area contributed by atoms with E-state index in [0.29, 0.717) is 19.2 Å². The first-order valence-corrected chi connectivity index (χ1v) is 11.7. The van der Waals surface area contributed by atoms with E-state index in [0.717, 1.165) is 42.6 Å². The molecule has 1 aliphatic heterocycles. The number of nitrogens with one attached hydrogen (secondary N) is 2. The third kappa shape index (κ3) is 6.80. The number of hydrogen-bond donors (Lipinski definition) is 2. The molecule has 6 nitrogen and oxygen atoms in total. The Morgan fingerprint density at radius 3 is 2.58 bits per heavy atom. The zero-order valence-electron chi connectivity index (χ0n) is 19.3. The lowest BCUT2D eigenvalue weighted by molar-refractivity contribution is 0.245. The fraction of sp³-hybridized carbons (Fsp3) is 0.333. The number of hydrogen-bond acceptors (Lipinski definition) is 4. The van der Waals surface area contributed by atoms with Crippen LogP contribution in [-0.4, -0.2) is 42.5 Å². The zero-order valence-corrected chi connectivity index (χ0v) is 19.3. The molecule has 1 aromatic heterocycles. The highest BCUT2D eigenvalue weighted by Crippen LogP contribution is 2.24. The molecule has 0 bridgehead atoms. The second-order valence-corrected chi connectivity index (χ2v) is 8.23. The molecule has 0 radical (unpaired) electrons. The Kier molecular flexibility index (Phi) is 8.30. The van der Waals surface area contributed by atoms with Gasteiger partial charge in [0.25, 0.3) is 0 Å². The quantitative estimate of drug-likeness (QED) is 0.384. The van der Waals surface area contributed by atoms with E-state index in [4.69, 9.17) is 4.74 Å². The third-order valence-corrected chi connectivity index (χ3v) is 5.92. The second-order valence-electron chi connectivity index (χ2n) is 8.23. The molecule has 1 unspecified atom stereocenters. The Bertz CT molecular complexity index is 1000. The van der Waals surface area contributed by atoms with Crippen molar-refractivity contribution >= 4 is 5.96 Å². The van der Waals surface area contributed by atoms with E-state index in [1.54, 1.807) is 6.20 Å². The van der Waals surface area contributed by atoms with Gasteiger partial charge in [-0.15, -0.1) is 0 Å². The lowest BCUT2D eigenvalue weighted by Gasteiger charge is -2.29. The average Bonchev–Trinajstić information content (AvgIpc) is 3.41. The molecule has 172 valence electrons. The van der Waals surface area contributed by atoms with Crippen molar-refractivity contribution in [2.24, 2.45) is 4.99 Å². The molecule has 33 heavy (non-hydrogen) atoms. The van der Waals surface area contributed by atoms with Crippen molar-refractivity contribution < 1.29 is 4.74 Å². The van der Waals surface area contributed by atoms with Crippen molar-refractivity contribution in [3.63, 3.8) is 0 Å². The predicted octanol–water partition coefficient (Wildman–Crippen LogP) is 4.16. The molecular weight excluding hydrogens is 410 g/mol. The molecule has 0 amide bonds. The molecule has 1 fully saturated rings. The van der Waals surface area contributed by atoms with Crippen molar-refractivity contribution in [3.05, 3.63) is 95.8 Å². The summed E-state index contributed by atoms with van der Waals surface area (Å²) in [6.45, 7) is 4.24. The van der Waals surface area contributed by atoms with Crippen LogP contribution in [0.15, 0.2) is 84.0 Å². The summed E-state index contributed by atoms with van der Waals surface area (Å²) in [7, 11) is 1.81. The Morgan fingerprint density at radius 1 is 1.00 bits per heavy atom. The molecule has 0 aliphatic carbocycles. The molecule has 6 heteroatoms. The highest BCUT2D eigenvalue weighted by atomic mass is 16.5. The summed E-state index contributed by atoms with van der Waals surface area (Å²) in [5, 5.41) is 6.97. The predicted molar refractivity (Wildman–Crippen MR) is 133 cm³/mol. The number of aromatic nitrogens is 1. The van der Waals surface area contributed by atoms with Gasteiger partial charge in [-0.1, -0.05) is 48.5 Å². The van der Waals surface area contributed by atoms with Gasteiger partial charge >= 0.3 is 0 Å². The number of rotatable bonds is 9. The van der Waals surface area contributed by atoms with E-state index in [1.807, 2.05) is 37.4 Å². The maximum atomic E-state index is 5.91. The maximum absolute atomic E-state index is 5.91. The van der Waals surface area contributed by atoms with Gasteiger partial charge in [-0.2, -0.15) is 0 Å². The molecule has 1 atom stereocenters. The van der Waals surface area contributed by atoms with E-state index in [-0.39, 0.29) is 0 Å². The van der Waals surface area contributed by atoms with Crippen LogP contribution in [0.5, 0.6) is 5.75 Å². The zero-order chi connectivity index (χ0) is 22.7. The summed E-state index contributed by atoms with van der Waals surface area (Å²) in [5.41, 5.74) is 3.40. The summed E-state index contributed by atoms with van der Waals surface area (Å²) in [6, 6.07) is 25.1. The monoisotopic (exact) mass is 443 g/mol. The molecule has 0 spiro atoms. The standard InChI is InChI=1S/C27H33N5O/c1-28-27(31-20-26(32-16-7-8-17-32)23-11-3-2-4-12-23)30-19-22-10-9-14-25(18-22)33-21-24-13-5-6-15-29-24/h2-6,9-15,18,26H,7-8,16-17,19-21H2,1H3,(H2,28,30,31). The van der Waals surface area contributed by atoms with Crippen molar-refractivity contribution in [3.8, 4) is 5.75 Å². The summed E-state index contributed by atoms with van der Waals surface area (Å²) in [4.78, 5) is 11.3. The molecule has 1 saturated heterocycles. The van der Waals surface area contributed by atoms with Crippen LogP contribution in [0, 0.1) is 0 Å². The van der Waals surface area contributed by atoms with E-state index in [2.05, 4.69) is 68.0 Å². The van der Waals surface area contributed by atoms with Gasteiger partial charge in [-0.05, 0) is 61.3 Å². The molecule has 1 aliphatic rings. The van der Waals surface area contributed by atoms with Crippen LogP contribution in [0.2, 0.25) is 0 Å². The minimum absolute atomic E-state index is 0.343. The molecule has 0 saturated carbocycles. The Morgan fingerprint density at radius 2 is 1.82 bits per heavy atom. The summed E-state index contributed by atoms with van der Waals surface area (Å²) >= 11 is 0. The van der Waals surface area contributed by atoms with Crippen LogP contribution in [0.25, 0.3) is 0 Å². The van der Waals surface area contributed by atoms with Gasteiger partial charge in [0, 0.05) is 26.3 Å². The van der Waals surface area contributed by atoms with E-state index in [1.165, 1.54) is 18.4 Å². The van der Waals surface area contributed by atoms with Crippen molar-refractivity contribution in [2.75, 3.05) is 26.7 Å². The fourth-order valence-corrected chi connectivity index (χ4v) is 4.17. The number of aliphatic imine (C=N–C) groups is 1. The van der Waals surface area contributed by atoms with Crippen molar-refractivity contribution in [1.29, 1.82) is 0 Å². The largest absolute Gasteiger partial charge is 0.487 e. The van der Waals surface area contributed by atoms with Crippen molar-refractivity contribution in [1.82, 2.24) is 20.5 Å². The number of benzene rings is 2. The summed E-state index contributed by atoms with van der Waals surface area (Å²) < 4.78 is 5.91. The smallest absolute Gasteiger partial charge is 0.191 e. The minimum atomic E-state index is 0.343. The van der Waals surface area contributed by atoms with Gasteiger partial charge < -0.3 is 15.4 Å². The van der Waals surface area contributed by atoms with Gasteiger partial charge in [0.2, 0.25) is 0 Å². The molecule has 2 N–H and O–H groups in total. The lowest BCUT2D eigenvalue weighted by atomic mass is 10.1. The Balaban J connectivity index is 1.31. The van der Waals surface area contributed by atoms with Crippen LogP contribution >= 0.6 is 0 Å². The van der Waals surface area contributed by atoms with Gasteiger partial charge in [0.05, 0.1) is 11.7 Å². The van der Waals surface area contributed by atoms with Gasteiger partial charge in [-0.25, -0.2) is 0 Å². The highest BCUT2D eigenvalue weighted by molar-refractivity contribution is 5.79.